The molecule has 1 amide bonds. The number of hydrogen-bond donors (Lipinski definition) is 1. The SMILES string of the molecule is Cc1cc(N2CCCC2)ccc1NC(=O)c1ccc(Cl)cc1[N+](=O)[O-]. The van der Waals surface area contributed by atoms with E-state index in [4.69, 9.17) is 11.6 Å². The average molecular weight is 360 g/mol. The van der Waals surface area contributed by atoms with Crippen LogP contribution in [0.25, 0.3) is 0 Å². The van der Waals surface area contributed by atoms with Crippen molar-refractivity contribution >= 4 is 34.6 Å². The highest BCUT2D eigenvalue weighted by Crippen LogP contribution is 2.28. The molecule has 1 aliphatic heterocycles. The summed E-state index contributed by atoms with van der Waals surface area (Å²) in [5.41, 5.74) is 2.35. The van der Waals surface area contributed by atoms with Gasteiger partial charge in [0.25, 0.3) is 11.6 Å². The van der Waals surface area contributed by atoms with Gasteiger partial charge in [-0.05, 0) is 55.7 Å². The van der Waals surface area contributed by atoms with Crippen LogP contribution in [0.4, 0.5) is 17.1 Å². The Morgan fingerprint density at radius 3 is 2.56 bits per heavy atom. The summed E-state index contributed by atoms with van der Waals surface area (Å²) in [6.45, 7) is 4.00. The van der Waals surface area contributed by atoms with Gasteiger partial charge in [-0.3, -0.25) is 14.9 Å². The van der Waals surface area contributed by atoms with Crippen molar-refractivity contribution in [2.45, 2.75) is 19.8 Å². The summed E-state index contributed by atoms with van der Waals surface area (Å²) in [4.78, 5) is 25.3. The third-order valence-electron chi connectivity index (χ3n) is 4.33. The second-order valence-corrected chi connectivity index (χ2v) is 6.50. The molecule has 3 rings (SSSR count). The van der Waals surface area contributed by atoms with Gasteiger partial charge in [-0.15, -0.1) is 0 Å². The molecule has 130 valence electrons. The molecule has 1 N–H and O–H groups in total. The molecule has 0 saturated carbocycles. The van der Waals surface area contributed by atoms with Crippen LogP contribution >= 0.6 is 11.6 Å². The van der Waals surface area contributed by atoms with Crippen LogP contribution in [0, 0.1) is 17.0 Å². The van der Waals surface area contributed by atoms with Crippen molar-refractivity contribution in [1.82, 2.24) is 0 Å². The molecule has 0 aliphatic carbocycles. The molecule has 1 saturated heterocycles. The topological polar surface area (TPSA) is 75.5 Å². The van der Waals surface area contributed by atoms with E-state index in [1.165, 1.54) is 31.0 Å². The van der Waals surface area contributed by atoms with Crippen LogP contribution < -0.4 is 10.2 Å². The van der Waals surface area contributed by atoms with E-state index in [1.807, 2.05) is 25.1 Å². The van der Waals surface area contributed by atoms with Crippen molar-refractivity contribution in [1.29, 1.82) is 0 Å². The van der Waals surface area contributed by atoms with E-state index in [0.29, 0.717) is 5.69 Å². The predicted octanol–water partition coefficient (Wildman–Crippen LogP) is 4.41. The van der Waals surface area contributed by atoms with E-state index in [9.17, 15) is 14.9 Å². The normalized spacial score (nSPS) is 13.8. The first-order chi connectivity index (χ1) is 12.0. The van der Waals surface area contributed by atoms with Crippen molar-refractivity contribution in [2.24, 2.45) is 0 Å². The van der Waals surface area contributed by atoms with Gasteiger partial charge in [0.05, 0.1) is 4.92 Å². The fourth-order valence-corrected chi connectivity index (χ4v) is 3.16. The summed E-state index contributed by atoms with van der Waals surface area (Å²) in [5, 5.41) is 14.1. The molecule has 6 nitrogen and oxygen atoms in total. The van der Waals surface area contributed by atoms with Gasteiger partial charge in [-0.2, -0.15) is 0 Å². The third-order valence-corrected chi connectivity index (χ3v) is 4.57. The number of nitro groups is 1. The van der Waals surface area contributed by atoms with Gasteiger partial charge < -0.3 is 10.2 Å². The fourth-order valence-electron chi connectivity index (χ4n) is 3.00. The highest BCUT2D eigenvalue weighted by Gasteiger charge is 2.21. The molecule has 1 fully saturated rings. The first kappa shape index (κ1) is 17.2. The van der Waals surface area contributed by atoms with E-state index in [2.05, 4.69) is 10.2 Å². The molecular weight excluding hydrogens is 342 g/mol. The number of carbonyl (C=O) groups excluding carboxylic acids is 1. The number of amides is 1. The number of aryl methyl sites for hydroxylation is 1. The molecule has 0 unspecified atom stereocenters. The second-order valence-electron chi connectivity index (χ2n) is 6.07. The van der Waals surface area contributed by atoms with E-state index >= 15 is 0 Å². The summed E-state index contributed by atoms with van der Waals surface area (Å²) in [6.07, 6.45) is 2.38. The Morgan fingerprint density at radius 2 is 1.92 bits per heavy atom. The Morgan fingerprint density at radius 1 is 1.20 bits per heavy atom. The molecule has 1 heterocycles. The first-order valence-electron chi connectivity index (χ1n) is 8.06. The smallest absolute Gasteiger partial charge is 0.283 e. The van der Waals surface area contributed by atoms with Crippen LogP contribution in [0.15, 0.2) is 36.4 Å². The van der Waals surface area contributed by atoms with Crippen molar-refractivity contribution in [2.75, 3.05) is 23.3 Å². The Bertz CT molecular complexity index is 832. The monoisotopic (exact) mass is 359 g/mol. The zero-order valence-corrected chi connectivity index (χ0v) is 14.5. The highest BCUT2D eigenvalue weighted by atomic mass is 35.5. The molecule has 25 heavy (non-hydrogen) atoms. The number of rotatable bonds is 4. The van der Waals surface area contributed by atoms with E-state index in [-0.39, 0.29) is 16.3 Å². The molecular formula is C18H18ClN3O3. The molecule has 2 aromatic rings. The van der Waals surface area contributed by atoms with Crippen LogP contribution in [-0.2, 0) is 0 Å². The van der Waals surface area contributed by atoms with Crippen LogP contribution in [0.3, 0.4) is 0 Å². The predicted molar refractivity (Wildman–Crippen MR) is 98.7 cm³/mol. The molecule has 2 aromatic carbocycles. The molecule has 1 aliphatic rings. The lowest BCUT2D eigenvalue weighted by molar-refractivity contribution is -0.385. The summed E-state index contributed by atoms with van der Waals surface area (Å²) in [7, 11) is 0. The first-order valence-corrected chi connectivity index (χ1v) is 8.44. The molecule has 0 spiro atoms. The van der Waals surface area contributed by atoms with E-state index in [0.717, 1.165) is 24.3 Å². The molecule has 0 aromatic heterocycles. The summed E-state index contributed by atoms with van der Waals surface area (Å²) in [6, 6.07) is 9.83. The summed E-state index contributed by atoms with van der Waals surface area (Å²) >= 11 is 5.79. The van der Waals surface area contributed by atoms with Gasteiger partial charge in [0, 0.05) is 35.6 Å². The number of nitro benzene ring substituents is 1. The Labute approximate surface area is 150 Å². The lowest BCUT2D eigenvalue weighted by Crippen LogP contribution is -2.18. The zero-order chi connectivity index (χ0) is 18.0. The van der Waals surface area contributed by atoms with Crippen LogP contribution in [0.5, 0.6) is 0 Å². The standard InChI is InChI=1S/C18H18ClN3O3/c1-12-10-14(21-8-2-3-9-21)5-7-16(12)20-18(23)15-6-4-13(19)11-17(15)22(24)25/h4-7,10-11H,2-3,8-9H2,1H3,(H,20,23). The van der Waals surface area contributed by atoms with Crippen LogP contribution in [-0.4, -0.2) is 23.9 Å². The lowest BCUT2D eigenvalue weighted by atomic mass is 10.1. The number of halogens is 1. The van der Waals surface area contributed by atoms with Crippen molar-refractivity contribution in [3.05, 3.63) is 62.7 Å². The number of carbonyl (C=O) groups is 1. The van der Waals surface area contributed by atoms with Crippen molar-refractivity contribution in [3.8, 4) is 0 Å². The molecule has 7 heteroatoms. The maximum absolute atomic E-state index is 12.5. The quantitative estimate of drug-likeness (QED) is 0.648. The minimum Gasteiger partial charge on any atom is -0.372 e. The number of nitrogens with zero attached hydrogens (tertiary/aromatic N) is 2. The molecule has 0 atom stereocenters. The molecule has 0 bridgehead atoms. The Balaban J connectivity index is 1.83. The minimum atomic E-state index is -0.607. The zero-order valence-electron chi connectivity index (χ0n) is 13.8. The fraction of sp³-hybridized carbons (Fsp3) is 0.278. The van der Waals surface area contributed by atoms with E-state index < -0.39 is 10.8 Å². The van der Waals surface area contributed by atoms with Gasteiger partial charge in [0.2, 0.25) is 0 Å². The largest absolute Gasteiger partial charge is 0.372 e. The number of nitrogens with one attached hydrogen (secondary N) is 1. The average Bonchev–Trinajstić information content (AvgIpc) is 3.11. The third kappa shape index (κ3) is 3.74. The number of hydrogen-bond acceptors (Lipinski definition) is 4. The highest BCUT2D eigenvalue weighted by molar-refractivity contribution is 6.31. The minimum absolute atomic E-state index is 0.0163. The maximum atomic E-state index is 12.5. The Hall–Kier alpha value is -2.60. The number of benzene rings is 2. The summed E-state index contributed by atoms with van der Waals surface area (Å²) in [5.74, 6) is -0.527. The van der Waals surface area contributed by atoms with Crippen molar-refractivity contribution < 1.29 is 9.72 Å². The second kappa shape index (κ2) is 7.11. The van der Waals surface area contributed by atoms with Gasteiger partial charge in [0.1, 0.15) is 5.56 Å². The number of anilines is 2. The van der Waals surface area contributed by atoms with Gasteiger partial charge in [-0.1, -0.05) is 11.6 Å². The van der Waals surface area contributed by atoms with Crippen LogP contribution in [0.1, 0.15) is 28.8 Å². The molecule has 0 radical (unpaired) electrons. The van der Waals surface area contributed by atoms with E-state index in [1.54, 1.807) is 0 Å². The summed E-state index contributed by atoms with van der Waals surface area (Å²) < 4.78 is 0. The van der Waals surface area contributed by atoms with Gasteiger partial charge in [-0.25, -0.2) is 0 Å². The van der Waals surface area contributed by atoms with Crippen molar-refractivity contribution in [3.63, 3.8) is 0 Å². The van der Waals surface area contributed by atoms with Gasteiger partial charge in [0.15, 0.2) is 0 Å². The maximum Gasteiger partial charge on any atom is 0.283 e. The lowest BCUT2D eigenvalue weighted by Gasteiger charge is -2.19. The van der Waals surface area contributed by atoms with Gasteiger partial charge >= 0.3 is 0 Å². The Kier molecular flexibility index (Phi) is 4.90. The van der Waals surface area contributed by atoms with Crippen LogP contribution in [0.2, 0.25) is 5.02 Å².